The van der Waals surface area contributed by atoms with Gasteiger partial charge in [0.2, 0.25) is 5.91 Å². The lowest BCUT2D eigenvalue weighted by molar-refractivity contribution is -0.314. The average Bonchev–Trinajstić information content (AvgIpc) is 3.63. The Bertz CT molecular complexity index is 1400. The van der Waals surface area contributed by atoms with Crippen LogP contribution in [0.15, 0.2) is 0 Å². The Morgan fingerprint density at radius 3 is 2.24 bits per heavy atom. The SMILES string of the molecule is CCC1OC(=O)C(C)C(OC2CC(C)C(O)C(C)O2)C(C)C(OC2OC(C)CC(N(C)C)C2OCCCNC(=O)C2CCCN2C)C(C)(O)CC(C)CN(C)C(C)C(O)C1(C)O. The number of amides is 1. The van der Waals surface area contributed by atoms with Gasteiger partial charge in [0.15, 0.2) is 12.6 Å². The van der Waals surface area contributed by atoms with Crippen molar-refractivity contribution in [3.63, 3.8) is 0 Å². The number of aliphatic hydroxyl groups is 4. The third kappa shape index (κ3) is 13.1. The third-order valence-corrected chi connectivity index (χ3v) is 14.5. The molecule has 4 aliphatic heterocycles. The normalized spacial score (nSPS) is 45.0. The number of hydrogen-bond donors (Lipinski definition) is 5. The maximum absolute atomic E-state index is 14.4. The van der Waals surface area contributed by atoms with E-state index in [0.29, 0.717) is 39.0 Å². The highest BCUT2D eigenvalue weighted by Crippen LogP contribution is 2.39. The van der Waals surface area contributed by atoms with Crippen LogP contribution >= 0.6 is 0 Å². The second kappa shape index (κ2) is 22.8. The van der Waals surface area contributed by atoms with Gasteiger partial charge in [-0.05, 0) is 127 Å². The van der Waals surface area contributed by atoms with Crippen molar-refractivity contribution in [3.8, 4) is 0 Å². The first-order chi connectivity index (χ1) is 28.9. The van der Waals surface area contributed by atoms with Crippen LogP contribution in [0.1, 0.15) is 114 Å². The molecule has 0 saturated carbocycles. The minimum absolute atomic E-state index is 0.0307. The predicted molar refractivity (Wildman–Crippen MR) is 235 cm³/mol. The molecule has 0 aromatic carbocycles. The summed E-state index contributed by atoms with van der Waals surface area (Å²) in [6.07, 6.45) is -4.08. The summed E-state index contributed by atoms with van der Waals surface area (Å²) in [5.74, 6) is -2.57. The fourth-order valence-corrected chi connectivity index (χ4v) is 10.5. The Hall–Kier alpha value is -1.54. The molecule has 4 rings (SSSR count). The first kappa shape index (κ1) is 53.1. The van der Waals surface area contributed by atoms with Gasteiger partial charge in [-0.3, -0.25) is 14.5 Å². The molecular formula is C46H86N4O12. The second-order valence-corrected chi connectivity index (χ2v) is 20.3. The van der Waals surface area contributed by atoms with Crippen LogP contribution in [0.5, 0.6) is 0 Å². The molecule has 0 aliphatic carbocycles. The molecule has 0 aromatic rings. The van der Waals surface area contributed by atoms with Crippen molar-refractivity contribution in [2.45, 2.75) is 205 Å². The standard InChI is InChI=1S/C46H86N4O12/c1-15-35-46(10,56)40(52)31(7)50(14)25-26(2)24-45(9,55)41(29(5)38(30(6)43(54)60-35)61-36-22-27(3)37(51)32(8)59-36)62-44-39(34(48(11)12)23-28(4)58-44)57-21-17-19-47-42(53)33-18-16-20-49(33)13/h26-41,44,51-52,55-56H,15-25H2,1-14H3,(H,47,53). The molecule has 0 bridgehead atoms. The molecule has 1 amide bonds. The molecule has 362 valence electrons. The number of nitrogens with zero attached hydrogens (tertiary/aromatic N) is 3. The van der Waals surface area contributed by atoms with Gasteiger partial charge in [0.1, 0.15) is 23.9 Å². The van der Waals surface area contributed by atoms with Gasteiger partial charge in [-0.2, -0.15) is 0 Å². The summed E-state index contributed by atoms with van der Waals surface area (Å²) >= 11 is 0. The maximum Gasteiger partial charge on any atom is 0.311 e. The molecule has 4 fully saturated rings. The van der Waals surface area contributed by atoms with Crippen LogP contribution in [-0.2, 0) is 38.0 Å². The number of likely N-dealkylation sites (tertiary alicyclic amines) is 1. The predicted octanol–water partition coefficient (Wildman–Crippen LogP) is 2.76. The highest BCUT2D eigenvalue weighted by Gasteiger charge is 2.52. The van der Waals surface area contributed by atoms with Crippen LogP contribution in [0, 0.1) is 23.7 Å². The van der Waals surface area contributed by atoms with Gasteiger partial charge in [-0.15, -0.1) is 0 Å². The molecular weight excluding hydrogens is 801 g/mol. The van der Waals surface area contributed by atoms with Crippen molar-refractivity contribution < 1.29 is 58.4 Å². The van der Waals surface area contributed by atoms with Crippen LogP contribution in [0.25, 0.3) is 0 Å². The van der Waals surface area contributed by atoms with Gasteiger partial charge in [0, 0.05) is 44.1 Å². The van der Waals surface area contributed by atoms with E-state index in [-0.39, 0.29) is 48.8 Å². The Balaban J connectivity index is 1.72. The first-order valence-corrected chi connectivity index (χ1v) is 23.5. The maximum atomic E-state index is 14.4. The molecule has 16 nitrogen and oxygen atoms in total. The summed E-state index contributed by atoms with van der Waals surface area (Å²) in [6.45, 7) is 20.4. The van der Waals surface area contributed by atoms with Gasteiger partial charge >= 0.3 is 5.97 Å². The summed E-state index contributed by atoms with van der Waals surface area (Å²) in [5.41, 5.74) is -3.33. The van der Waals surface area contributed by atoms with Crippen molar-refractivity contribution in [1.82, 2.24) is 20.0 Å². The Morgan fingerprint density at radius 2 is 1.65 bits per heavy atom. The molecule has 0 radical (unpaired) electrons. The fourth-order valence-electron chi connectivity index (χ4n) is 10.5. The molecule has 19 unspecified atom stereocenters. The molecule has 62 heavy (non-hydrogen) atoms. The second-order valence-electron chi connectivity index (χ2n) is 20.3. The molecule has 5 N–H and O–H groups in total. The molecule has 4 saturated heterocycles. The van der Waals surface area contributed by atoms with Crippen molar-refractivity contribution in [1.29, 1.82) is 0 Å². The van der Waals surface area contributed by atoms with Gasteiger partial charge in [0.05, 0.1) is 48.1 Å². The zero-order chi connectivity index (χ0) is 46.4. The van der Waals surface area contributed by atoms with E-state index in [0.717, 1.165) is 19.4 Å². The van der Waals surface area contributed by atoms with Gasteiger partial charge in [0.25, 0.3) is 0 Å². The number of carbonyl (C=O) groups excluding carboxylic acids is 2. The molecule has 0 aromatic heterocycles. The van der Waals surface area contributed by atoms with E-state index in [1.807, 2.05) is 67.7 Å². The minimum Gasteiger partial charge on any atom is -0.459 e. The minimum atomic E-state index is -1.79. The largest absolute Gasteiger partial charge is 0.459 e. The number of aliphatic hydroxyl groups excluding tert-OH is 2. The van der Waals surface area contributed by atoms with Crippen LogP contribution < -0.4 is 5.32 Å². The highest BCUT2D eigenvalue weighted by molar-refractivity contribution is 5.81. The van der Waals surface area contributed by atoms with Crippen molar-refractivity contribution in [2.75, 3.05) is 54.4 Å². The lowest BCUT2D eigenvalue weighted by atomic mass is 9.77. The third-order valence-electron chi connectivity index (χ3n) is 14.5. The van der Waals surface area contributed by atoms with Crippen molar-refractivity contribution in [3.05, 3.63) is 0 Å². The van der Waals surface area contributed by atoms with E-state index in [2.05, 4.69) is 15.1 Å². The quantitative estimate of drug-likeness (QED) is 0.142. The fraction of sp³-hybridized carbons (Fsp3) is 0.957. The number of likely N-dealkylation sites (N-methyl/N-ethyl adjacent to an activating group) is 3. The number of nitrogens with one attached hydrogen (secondary N) is 1. The Labute approximate surface area is 372 Å². The number of ether oxygens (including phenoxy) is 6. The lowest BCUT2D eigenvalue weighted by Crippen LogP contribution is -2.60. The summed E-state index contributed by atoms with van der Waals surface area (Å²) in [6, 6.07) is -0.758. The number of cyclic esters (lactones) is 1. The molecule has 16 heteroatoms. The highest BCUT2D eigenvalue weighted by atomic mass is 16.7. The molecule has 19 atom stereocenters. The van der Waals surface area contributed by atoms with E-state index in [9.17, 15) is 30.0 Å². The number of rotatable bonds is 12. The Kier molecular flexibility index (Phi) is 19.5. The smallest absolute Gasteiger partial charge is 0.311 e. The summed E-state index contributed by atoms with van der Waals surface area (Å²) in [4.78, 5) is 33.4. The Morgan fingerprint density at radius 1 is 0.968 bits per heavy atom. The summed E-state index contributed by atoms with van der Waals surface area (Å²) < 4.78 is 39.5. The lowest BCUT2D eigenvalue weighted by Gasteiger charge is -2.48. The topological polar surface area (TPSA) is 192 Å². The molecule has 4 aliphatic rings. The van der Waals surface area contributed by atoms with E-state index < -0.39 is 90.4 Å². The van der Waals surface area contributed by atoms with Gasteiger partial charge in [-0.1, -0.05) is 27.7 Å². The van der Waals surface area contributed by atoms with E-state index in [4.69, 9.17) is 28.4 Å². The number of hydrogen-bond acceptors (Lipinski definition) is 15. The van der Waals surface area contributed by atoms with Crippen LogP contribution in [-0.4, -0.2) is 192 Å². The van der Waals surface area contributed by atoms with Crippen molar-refractivity contribution in [2.24, 2.45) is 23.7 Å². The molecule has 4 heterocycles. The van der Waals surface area contributed by atoms with Gasteiger partial charge in [-0.25, -0.2) is 0 Å². The summed E-state index contributed by atoms with van der Waals surface area (Å²) in [5, 5.41) is 50.1. The van der Waals surface area contributed by atoms with Gasteiger partial charge < -0.3 is 64.0 Å². The summed E-state index contributed by atoms with van der Waals surface area (Å²) in [7, 11) is 7.83. The monoisotopic (exact) mass is 887 g/mol. The number of carbonyl (C=O) groups is 2. The van der Waals surface area contributed by atoms with Crippen LogP contribution in [0.4, 0.5) is 0 Å². The average molecular weight is 887 g/mol. The van der Waals surface area contributed by atoms with E-state index in [1.165, 1.54) is 6.92 Å². The first-order valence-electron chi connectivity index (χ1n) is 23.5. The van der Waals surface area contributed by atoms with Crippen LogP contribution in [0.2, 0.25) is 0 Å². The number of esters is 1. The van der Waals surface area contributed by atoms with E-state index >= 15 is 0 Å². The molecule has 0 spiro atoms. The van der Waals surface area contributed by atoms with Crippen LogP contribution in [0.3, 0.4) is 0 Å². The zero-order valence-electron chi connectivity index (χ0n) is 40.5. The van der Waals surface area contributed by atoms with E-state index in [1.54, 1.807) is 27.7 Å². The van der Waals surface area contributed by atoms with Crippen molar-refractivity contribution >= 4 is 11.9 Å². The zero-order valence-corrected chi connectivity index (χ0v) is 40.5.